The zero-order valence-corrected chi connectivity index (χ0v) is 14.8. The summed E-state index contributed by atoms with van der Waals surface area (Å²) in [7, 11) is 2.24. The summed E-state index contributed by atoms with van der Waals surface area (Å²) in [5.74, 6) is 0.740. The van der Waals surface area contributed by atoms with Gasteiger partial charge in [0.05, 0.1) is 13.1 Å². The fraction of sp³-hybridized carbons (Fsp3) is 0.611. The Labute approximate surface area is 147 Å². The van der Waals surface area contributed by atoms with E-state index in [9.17, 15) is 4.39 Å². The molecule has 0 unspecified atom stereocenters. The Morgan fingerprint density at radius 3 is 2.44 bits per heavy atom. The number of hydrogen-bond acceptors (Lipinski definition) is 3. The van der Waals surface area contributed by atoms with Gasteiger partial charge in [0, 0.05) is 5.56 Å². The van der Waals surface area contributed by atoms with Gasteiger partial charge in [-0.05, 0) is 47.5 Å². The van der Waals surface area contributed by atoms with Crippen LogP contribution in [-0.4, -0.2) is 53.4 Å². The molecule has 1 aromatic carbocycles. The molecule has 1 saturated carbocycles. The molecule has 4 rings (SSSR count). The van der Waals surface area contributed by atoms with Crippen molar-refractivity contribution in [2.24, 2.45) is 0 Å². The third kappa shape index (κ3) is 3.43. The molecule has 2 fully saturated rings. The fourth-order valence-corrected chi connectivity index (χ4v) is 4.31. The van der Waals surface area contributed by atoms with E-state index < -0.39 is 0 Å². The lowest BCUT2D eigenvalue weighted by Crippen LogP contribution is -3.27. The highest BCUT2D eigenvalue weighted by molar-refractivity contribution is 5.23. The zero-order chi connectivity index (χ0) is 17.2. The molecular weight excluding hydrogens is 319 g/mol. The number of nitrogens with one attached hydrogen (secondary N) is 2. The maximum atomic E-state index is 13.5. The molecule has 0 radical (unpaired) electrons. The molecule has 134 valence electrons. The molecule has 1 saturated heterocycles. The Bertz CT molecular complexity index is 686. The Kier molecular flexibility index (Phi) is 4.76. The number of nitrogens with zero attached hydrogens (tertiary/aromatic N) is 4. The number of likely N-dealkylation sites (N-methyl/N-ethyl adjacent to an activating group) is 1. The van der Waals surface area contributed by atoms with Crippen LogP contribution >= 0.6 is 0 Å². The first kappa shape index (κ1) is 16.6. The van der Waals surface area contributed by atoms with Crippen LogP contribution in [0.15, 0.2) is 24.3 Å². The molecule has 2 heterocycles. The fourth-order valence-electron chi connectivity index (χ4n) is 4.31. The van der Waals surface area contributed by atoms with Crippen molar-refractivity contribution in [2.75, 3.05) is 33.2 Å². The highest BCUT2D eigenvalue weighted by Crippen LogP contribution is 2.31. The number of aromatic nitrogens is 4. The Morgan fingerprint density at radius 1 is 1.08 bits per heavy atom. The minimum atomic E-state index is -0.198. The molecule has 2 aromatic rings. The van der Waals surface area contributed by atoms with Crippen LogP contribution in [0.3, 0.4) is 0 Å². The average Bonchev–Trinajstić information content (AvgIpc) is 3.30. The van der Waals surface area contributed by atoms with Crippen molar-refractivity contribution in [3.8, 4) is 0 Å². The molecule has 6 nitrogen and oxygen atoms in total. The van der Waals surface area contributed by atoms with Crippen LogP contribution in [0.1, 0.15) is 49.2 Å². The lowest BCUT2D eigenvalue weighted by molar-refractivity contribution is -1.02. The van der Waals surface area contributed by atoms with Gasteiger partial charge < -0.3 is 9.80 Å². The van der Waals surface area contributed by atoms with Crippen LogP contribution in [0, 0.1) is 5.82 Å². The quantitative estimate of drug-likeness (QED) is 0.780. The smallest absolute Gasteiger partial charge is 0.214 e. The second-order valence-electron chi connectivity index (χ2n) is 7.52. The van der Waals surface area contributed by atoms with Crippen LogP contribution in [0.5, 0.6) is 0 Å². The minimum Gasteiger partial charge on any atom is -0.328 e. The van der Waals surface area contributed by atoms with Crippen molar-refractivity contribution in [1.29, 1.82) is 0 Å². The molecule has 2 N–H and O–H groups in total. The number of piperazine rings is 1. The summed E-state index contributed by atoms with van der Waals surface area (Å²) in [5, 5.41) is 12.8. The molecule has 7 heteroatoms. The van der Waals surface area contributed by atoms with Gasteiger partial charge in [0.25, 0.3) is 0 Å². The third-order valence-corrected chi connectivity index (χ3v) is 5.80. The van der Waals surface area contributed by atoms with E-state index in [4.69, 9.17) is 0 Å². The van der Waals surface area contributed by atoms with Gasteiger partial charge in [-0.25, -0.2) is 9.07 Å². The highest BCUT2D eigenvalue weighted by atomic mass is 19.1. The van der Waals surface area contributed by atoms with Crippen LogP contribution in [-0.2, 0) is 0 Å². The van der Waals surface area contributed by atoms with Crippen molar-refractivity contribution in [1.82, 2.24) is 20.2 Å². The highest BCUT2D eigenvalue weighted by Gasteiger charge is 2.36. The van der Waals surface area contributed by atoms with E-state index in [2.05, 4.69) is 27.3 Å². The molecule has 25 heavy (non-hydrogen) atoms. The third-order valence-electron chi connectivity index (χ3n) is 5.80. The van der Waals surface area contributed by atoms with Crippen LogP contribution in [0.4, 0.5) is 4.39 Å². The first-order valence-corrected chi connectivity index (χ1v) is 9.41. The summed E-state index contributed by atoms with van der Waals surface area (Å²) in [5.41, 5.74) is 1.10. The zero-order valence-electron chi connectivity index (χ0n) is 14.8. The molecule has 0 spiro atoms. The van der Waals surface area contributed by atoms with E-state index in [1.54, 1.807) is 17.0 Å². The Balaban J connectivity index is 1.70. The number of rotatable bonds is 4. The van der Waals surface area contributed by atoms with Gasteiger partial charge in [-0.1, -0.05) is 12.8 Å². The van der Waals surface area contributed by atoms with E-state index >= 15 is 0 Å². The van der Waals surface area contributed by atoms with E-state index in [1.165, 1.54) is 17.7 Å². The van der Waals surface area contributed by atoms with Gasteiger partial charge in [0.2, 0.25) is 5.82 Å². The van der Waals surface area contributed by atoms with Gasteiger partial charge in [-0.2, -0.15) is 0 Å². The SMILES string of the molecule is C[NH+]1CC[NH+]([C@@H](c2ccc(F)cc2)c2nnnn2C2CCCC2)CC1. The number of benzene rings is 1. The van der Waals surface area contributed by atoms with Crippen LogP contribution in [0.25, 0.3) is 0 Å². The normalized spacial score (nSPS) is 26.0. The largest absolute Gasteiger partial charge is 0.328 e. The van der Waals surface area contributed by atoms with Crippen LogP contribution < -0.4 is 9.80 Å². The van der Waals surface area contributed by atoms with Crippen LogP contribution in [0.2, 0.25) is 0 Å². The summed E-state index contributed by atoms with van der Waals surface area (Å²) in [6, 6.07) is 7.37. The lowest BCUT2D eigenvalue weighted by Gasteiger charge is -2.33. The summed E-state index contributed by atoms with van der Waals surface area (Å²) in [6.45, 7) is 4.42. The molecule has 1 aromatic heterocycles. The maximum absolute atomic E-state index is 13.5. The van der Waals surface area contributed by atoms with E-state index in [0.717, 1.165) is 50.4 Å². The minimum absolute atomic E-state index is 0.0734. The van der Waals surface area contributed by atoms with E-state index in [-0.39, 0.29) is 11.9 Å². The van der Waals surface area contributed by atoms with Crippen molar-refractivity contribution in [3.63, 3.8) is 0 Å². The molecule has 1 aliphatic heterocycles. The van der Waals surface area contributed by atoms with Crippen molar-refractivity contribution >= 4 is 0 Å². The molecular formula is C18H27FN6+2. The predicted molar refractivity (Wildman–Crippen MR) is 90.9 cm³/mol. The van der Waals surface area contributed by atoms with Gasteiger partial charge >= 0.3 is 0 Å². The number of quaternary nitrogens is 2. The Hall–Kier alpha value is -1.86. The van der Waals surface area contributed by atoms with Gasteiger partial charge in [0.1, 0.15) is 32.0 Å². The van der Waals surface area contributed by atoms with Gasteiger partial charge in [0.15, 0.2) is 6.04 Å². The van der Waals surface area contributed by atoms with Crippen molar-refractivity contribution in [3.05, 3.63) is 41.5 Å². The molecule has 2 aliphatic rings. The molecule has 0 amide bonds. The standard InChI is InChI=1S/C18H25FN6/c1-23-10-12-24(13-11-23)17(14-6-8-15(19)9-7-14)18-20-21-22-25(18)16-4-2-3-5-16/h6-9,16-17H,2-5,10-13H2,1H3/p+2/t17-/m0/s1. The first-order chi connectivity index (χ1) is 12.2. The summed E-state index contributed by atoms with van der Waals surface area (Å²) in [4.78, 5) is 3.04. The van der Waals surface area contributed by atoms with Gasteiger partial charge in [-0.15, -0.1) is 5.10 Å². The second-order valence-corrected chi connectivity index (χ2v) is 7.52. The van der Waals surface area contributed by atoms with E-state index in [0.29, 0.717) is 6.04 Å². The van der Waals surface area contributed by atoms with Gasteiger partial charge in [-0.3, -0.25) is 0 Å². The van der Waals surface area contributed by atoms with Crippen molar-refractivity contribution in [2.45, 2.75) is 37.8 Å². The summed E-state index contributed by atoms with van der Waals surface area (Å²) >= 11 is 0. The first-order valence-electron chi connectivity index (χ1n) is 9.41. The second kappa shape index (κ2) is 7.17. The van der Waals surface area contributed by atoms with Crippen molar-refractivity contribution < 1.29 is 14.2 Å². The average molecular weight is 346 g/mol. The summed E-state index contributed by atoms with van der Waals surface area (Å²) in [6.07, 6.45) is 4.79. The number of tetrazole rings is 1. The predicted octanol–water partition coefficient (Wildman–Crippen LogP) is -0.570. The monoisotopic (exact) mass is 346 g/mol. The Morgan fingerprint density at radius 2 is 1.76 bits per heavy atom. The summed E-state index contributed by atoms with van der Waals surface area (Å²) < 4.78 is 15.5. The number of halogens is 1. The lowest BCUT2D eigenvalue weighted by atomic mass is 10.0. The number of hydrogen-bond donors (Lipinski definition) is 2. The molecule has 0 bridgehead atoms. The van der Waals surface area contributed by atoms with E-state index in [1.807, 2.05) is 12.1 Å². The topological polar surface area (TPSA) is 52.5 Å². The molecule has 1 atom stereocenters. The molecule has 1 aliphatic carbocycles. The maximum Gasteiger partial charge on any atom is 0.214 e.